The molecule has 4 nitrogen and oxygen atoms in total. The van der Waals surface area contributed by atoms with Crippen LogP contribution in [-0.2, 0) is 17.4 Å². The molecule has 0 spiro atoms. The summed E-state index contributed by atoms with van der Waals surface area (Å²) in [4.78, 5) is 16.2. The molecule has 12 heteroatoms. The monoisotopic (exact) mass is 468 g/mol. The first-order valence-corrected chi connectivity index (χ1v) is 9.17. The zero-order valence-electron chi connectivity index (χ0n) is 15.4. The van der Waals surface area contributed by atoms with Gasteiger partial charge in [0.2, 0.25) is 0 Å². The zero-order valence-corrected chi connectivity index (χ0v) is 16.3. The highest BCUT2D eigenvalue weighted by Crippen LogP contribution is 2.30. The number of hydrogen-bond acceptors (Lipinski definition) is 3. The number of carbonyl (C=O) groups is 1. The molecular weight excluding hydrogens is 453 g/mol. The number of imidazole rings is 1. The first-order valence-electron chi connectivity index (χ1n) is 8.54. The smallest absolute Gasteiger partial charge is 0.475 e. The van der Waals surface area contributed by atoms with Crippen LogP contribution in [0, 0.1) is 5.82 Å². The molecule has 1 aromatic heterocycles. The quantitative estimate of drug-likeness (QED) is 0.345. The molecule has 0 aliphatic rings. The van der Waals surface area contributed by atoms with Crippen LogP contribution >= 0.6 is 12.6 Å². The van der Waals surface area contributed by atoms with Crippen LogP contribution < -0.4 is 0 Å². The fourth-order valence-corrected chi connectivity index (χ4v) is 2.87. The lowest BCUT2D eigenvalue weighted by atomic mass is 9.99. The van der Waals surface area contributed by atoms with E-state index >= 15 is 0 Å². The number of aliphatic carboxylic acids is 1. The molecule has 0 unspecified atom stereocenters. The van der Waals surface area contributed by atoms with Crippen molar-refractivity contribution in [3.05, 3.63) is 65.2 Å². The molecule has 0 saturated carbocycles. The zero-order chi connectivity index (χ0) is 23.4. The van der Waals surface area contributed by atoms with E-state index in [2.05, 4.69) is 22.6 Å². The number of alkyl halides is 6. The van der Waals surface area contributed by atoms with Gasteiger partial charge in [-0.1, -0.05) is 18.2 Å². The average molecular weight is 468 g/mol. The van der Waals surface area contributed by atoms with Crippen LogP contribution in [0.1, 0.15) is 22.9 Å². The van der Waals surface area contributed by atoms with Gasteiger partial charge in [-0.2, -0.15) is 39.0 Å². The lowest BCUT2D eigenvalue weighted by molar-refractivity contribution is -0.192. The van der Waals surface area contributed by atoms with Crippen LogP contribution in [0.4, 0.5) is 30.7 Å². The largest absolute Gasteiger partial charge is 0.490 e. The summed E-state index contributed by atoms with van der Waals surface area (Å²) in [5.41, 5.74) is 0.901. The van der Waals surface area contributed by atoms with Crippen molar-refractivity contribution < 1.29 is 40.6 Å². The second-order valence-electron chi connectivity index (χ2n) is 6.34. The summed E-state index contributed by atoms with van der Waals surface area (Å²) in [6, 6.07) is 9.66. The minimum atomic E-state index is -5.08. The van der Waals surface area contributed by atoms with E-state index in [4.69, 9.17) is 9.90 Å². The molecular formula is C19H15F7N2O2S. The molecule has 1 heterocycles. The lowest BCUT2D eigenvalue weighted by Crippen LogP contribution is -2.21. The van der Waals surface area contributed by atoms with Gasteiger partial charge in [0.15, 0.2) is 5.82 Å². The number of hydrogen-bond donors (Lipinski definition) is 3. The van der Waals surface area contributed by atoms with E-state index in [0.29, 0.717) is 23.5 Å². The number of thiol groups is 1. The number of H-pyrrole nitrogens is 1. The van der Waals surface area contributed by atoms with Crippen molar-refractivity contribution in [2.45, 2.75) is 24.7 Å². The molecule has 0 fully saturated rings. The minimum Gasteiger partial charge on any atom is -0.475 e. The second-order valence-corrected chi connectivity index (χ2v) is 6.70. The van der Waals surface area contributed by atoms with E-state index < -0.39 is 29.7 Å². The Morgan fingerprint density at radius 2 is 1.65 bits per heavy atom. The van der Waals surface area contributed by atoms with Crippen LogP contribution in [0.15, 0.2) is 42.5 Å². The van der Waals surface area contributed by atoms with Crippen LogP contribution in [0.3, 0.4) is 0 Å². The van der Waals surface area contributed by atoms with Gasteiger partial charge in [0, 0.05) is 11.7 Å². The van der Waals surface area contributed by atoms with E-state index in [1.807, 2.05) is 0 Å². The Kier molecular flexibility index (Phi) is 7.58. The number of aromatic amines is 1. The highest BCUT2D eigenvalue weighted by atomic mass is 32.1. The second kappa shape index (κ2) is 9.58. The van der Waals surface area contributed by atoms with Crippen LogP contribution in [-0.4, -0.2) is 33.0 Å². The SMILES string of the molecule is Fc1cccc2[nH]c([C@@H](CS)Cc3ccc(C(F)(F)F)cc3)nc12.O=C(O)C(F)(F)F. The standard InChI is InChI=1S/C17H14F4N2S.C2HF3O2/c18-13-2-1-3-14-15(13)23-16(22-14)11(9-24)8-10-4-6-12(7-5-10)17(19,20)21;3-2(4,5)1(6)7/h1-7,11,24H,8-9H2,(H,22,23);(H,6,7)/t11-;/m1./s1. The third kappa shape index (κ3) is 6.61. The number of nitrogens with one attached hydrogen (secondary N) is 1. The molecule has 0 saturated heterocycles. The average Bonchev–Trinajstić information content (AvgIpc) is 3.11. The molecule has 0 amide bonds. The van der Waals surface area contributed by atoms with Crippen LogP contribution in [0.5, 0.6) is 0 Å². The predicted octanol–water partition coefficient (Wildman–Crippen LogP) is 5.61. The highest BCUT2D eigenvalue weighted by Gasteiger charge is 2.38. The number of benzene rings is 2. The third-order valence-electron chi connectivity index (χ3n) is 4.09. The predicted molar refractivity (Wildman–Crippen MR) is 101 cm³/mol. The molecule has 0 radical (unpaired) electrons. The van der Waals surface area contributed by atoms with Crippen molar-refractivity contribution in [3.8, 4) is 0 Å². The normalized spacial score (nSPS) is 12.9. The van der Waals surface area contributed by atoms with Gasteiger partial charge in [-0.05, 0) is 36.2 Å². The van der Waals surface area contributed by atoms with Gasteiger partial charge in [-0.25, -0.2) is 14.2 Å². The Hall–Kier alpha value is -2.76. The summed E-state index contributed by atoms with van der Waals surface area (Å²) < 4.78 is 83.3. The van der Waals surface area contributed by atoms with E-state index in [9.17, 15) is 30.7 Å². The Morgan fingerprint density at radius 3 is 2.10 bits per heavy atom. The number of rotatable bonds is 4. The number of para-hydroxylation sites is 1. The van der Waals surface area contributed by atoms with E-state index in [0.717, 1.165) is 17.7 Å². The summed E-state index contributed by atoms with van der Waals surface area (Å²) in [6.45, 7) is 0. The van der Waals surface area contributed by atoms with Gasteiger partial charge in [0.1, 0.15) is 11.3 Å². The molecule has 3 rings (SSSR count). The number of aromatic nitrogens is 2. The molecule has 168 valence electrons. The molecule has 1 atom stereocenters. The van der Waals surface area contributed by atoms with E-state index in [1.165, 1.54) is 18.2 Å². The van der Waals surface area contributed by atoms with Gasteiger partial charge in [-0.3, -0.25) is 0 Å². The number of nitrogens with zero attached hydrogens (tertiary/aromatic N) is 1. The van der Waals surface area contributed by atoms with Gasteiger partial charge >= 0.3 is 18.3 Å². The summed E-state index contributed by atoms with van der Waals surface area (Å²) in [6.07, 6.45) is -8.97. The van der Waals surface area contributed by atoms with Crippen LogP contribution in [0.25, 0.3) is 11.0 Å². The number of halogens is 7. The number of carboxylic acids is 1. The summed E-state index contributed by atoms with van der Waals surface area (Å²) in [5, 5.41) is 7.12. The third-order valence-corrected chi connectivity index (χ3v) is 4.54. The molecule has 0 bridgehead atoms. The number of fused-ring (bicyclic) bond motifs is 1. The molecule has 31 heavy (non-hydrogen) atoms. The summed E-state index contributed by atoms with van der Waals surface area (Å²) in [5.74, 6) is -2.32. The van der Waals surface area contributed by atoms with Crippen molar-refractivity contribution in [1.29, 1.82) is 0 Å². The fraction of sp³-hybridized carbons (Fsp3) is 0.263. The maximum atomic E-state index is 13.7. The lowest BCUT2D eigenvalue weighted by Gasteiger charge is -2.13. The Morgan fingerprint density at radius 1 is 1.06 bits per heavy atom. The number of carboxylic acid groups (broad SMARTS) is 1. The van der Waals surface area contributed by atoms with Crippen molar-refractivity contribution in [2.75, 3.05) is 5.75 Å². The minimum absolute atomic E-state index is 0.156. The first-order chi connectivity index (χ1) is 14.3. The van der Waals surface area contributed by atoms with Gasteiger partial charge in [0.25, 0.3) is 0 Å². The Balaban J connectivity index is 0.000000423. The van der Waals surface area contributed by atoms with Gasteiger partial charge < -0.3 is 10.1 Å². The van der Waals surface area contributed by atoms with Crippen molar-refractivity contribution >= 4 is 29.6 Å². The van der Waals surface area contributed by atoms with Crippen molar-refractivity contribution in [3.63, 3.8) is 0 Å². The first kappa shape index (κ1) is 24.5. The maximum Gasteiger partial charge on any atom is 0.490 e. The van der Waals surface area contributed by atoms with Gasteiger partial charge in [-0.15, -0.1) is 0 Å². The summed E-state index contributed by atoms with van der Waals surface area (Å²) in [7, 11) is 0. The molecule has 3 aromatic rings. The maximum absolute atomic E-state index is 13.7. The molecule has 0 aliphatic heterocycles. The highest BCUT2D eigenvalue weighted by molar-refractivity contribution is 7.80. The Labute approximate surface area is 176 Å². The van der Waals surface area contributed by atoms with Gasteiger partial charge in [0.05, 0.1) is 11.1 Å². The molecule has 0 aliphatic carbocycles. The van der Waals surface area contributed by atoms with E-state index in [1.54, 1.807) is 12.1 Å². The Bertz CT molecular complexity index is 1030. The topological polar surface area (TPSA) is 66.0 Å². The summed E-state index contributed by atoms with van der Waals surface area (Å²) >= 11 is 4.30. The van der Waals surface area contributed by atoms with Crippen LogP contribution in [0.2, 0.25) is 0 Å². The fourth-order valence-electron chi connectivity index (χ4n) is 2.57. The van der Waals surface area contributed by atoms with Crippen molar-refractivity contribution in [1.82, 2.24) is 9.97 Å². The molecule has 2 aromatic carbocycles. The van der Waals surface area contributed by atoms with Crippen molar-refractivity contribution in [2.24, 2.45) is 0 Å². The van der Waals surface area contributed by atoms with E-state index in [-0.39, 0.29) is 11.4 Å². The molecule has 2 N–H and O–H groups in total.